The Bertz CT molecular complexity index is 1190. The van der Waals surface area contributed by atoms with Crippen molar-refractivity contribution in [1.82, 2.24) is 29.5 Å². The van der Waals surface area contributed by atoms with Gasteiger partial charge in [-0.2, -0.15) is 13.2 Å². The number of imidazole rings is 1. The van der Waals surface area contributed by atoms with Gasteiger partial charge in [-0.15, -0.1) is 0 Å². The number of anilines is 2. The Labute approximate surface area is 213 Å². The highest BCUT2D eigenvalue weighted by Crippen LogP contribution is 2.31. The van der Waals surface area contributed by atoms with Gasteiger partial charge in [-0.05, 0) is 39.7 Å². The summed E-state index contributed by atoms with van der Waals surface area (Å²) in [6, 6.07) is 1.95. The number of piperidine rings is 1. The normalized spacial score (nSPS) is 14.2. The Balaban J connectivity index is 0.000000479. The number of nitrogens with zero attached hydrogens (tertiary/aromatic N) is 8. The first-order valence-electron chi connectivity index (χ1n) is 11.9. The van der Waals surface area contributed by atoms with Gasteiger partial charge in [-0.1, -0.05) is 0 Å². The van der Waals surface area contributed by atoms with E-state index in [0.29, 0.717) is 12.5 Å². The molecule has 0 spiro atoms. The third kappa shape index (κ3) is 7.14. The Kier molecular flexibility index (Phi) is 9.00. The van der Waals surface area contributed by atoms with Gasteiger partial charge in [0.05, 0.1) is 6.54 Å². The third-order valence-corrected chi connectivity index (χ3v) is 6.13. The number of halogens is 3. The number of rotatable bonds is 6. The lowest BCUT2D eigenvalue weighted by Crippen LogP contribution is -2.35. The van der Waals surface area contributed by atoms with Crippen molar-refractivity contribution < 1.29 is 23.1 Å². The number of aromatic nitrogens is 6. The van der Waals surface area contributed by atoms with Gasteiger partial charge in [0.15, 0.2) is 0 Å². The molecule has 10 nitrogen and oxygen atoms in total. The lowest BCUT2D eigenvalue weighted by atomic mass is 9.95. The summed E-state index contributed by atoms with van der Waals surface area (Å²) in [4.78, 5) is 36.2. The van der Waals surface area contributed by atoms with Gasteiger partial charge in [0.2, 0.25) is 0 Å². The molecule has 0 aliphatic carbocycles. The molecule has 3 aromatic rings. The van der Waals surface area contributed by atoms with Gasteiger partial charge >= 0.3 is 12.1 Å². The standard InChI is InChI=1S/C22H30N8.C2HF3O2/c1-5-29-13-10-23-19(29)14-28(4)21-17(3)22(26-15-25-21)30-11-7-18(8-12-30)20-24-9-6-16(2)27-20;3-2(4,5)1(6)7/h6,9-10,13,15,18H,5,7-8,11-12,14H2,1-4H3;(H,6,7). The number of carbonyl (C=O) groups is 1. The van der Waals surface area contributed by atoms with Crippen LogP contribution in [0.3, 0.4) is 0 Å². The van der Waals surface area contributed by atoms with Crippen LogP contribution < -0.4 is 9.80 Å². The molecule has 1 N–H and O–H groups in total. The second-order valence-corrected chi connectivity index (χ2v) is 8.75. The number of alkyl halides is 3. The number of hydrogen-bond acceptors (Lipinski definition) is 8. The Morgan fingerprint density at radius 3 is 2.41 bits per heavy atom. The lowest BCUT2D eigenvalue weighted by Gasteiger charge is -2.33. The van der Waals surface area contributed by atoms with Gasteiger partial charge < -0.3 is 19.5 Å². The predicted molar refractivity (Wildman–Crippen MR) is 131 cm³/mol. The maximum absolute atomic E-state index is 10.6. The van der Waals surface area contributed by atoms with E-state index in [9.17, 15) is 13.2 Å². The van der Waals surface area contributed by atoms with Crippen molar-refractivity contribution in [2.75, 3.05) is 29.9 Å². The molecule has 1 aliphatic heterocycles. The van der Waals surface area contributed by atoms with Gasteiger partial charge in [0, 0.05) is 62.4 Å². The fraction of sp³-hybridized carbons (Fsp3) is 0.500. The van der Waals surface area contributed by atoms with Gasteiger partial charge in [0.25, 0.3) is 0 Å². The van der Waals surface area contributed by atoms with Crippen LogP contribution in [0.25, 0.3) is 0 Å². The zero-order valence-corrected chi connectivity index (χ0v) is 21.3. The van der Waals surface area contributed by atoms with E-state index in [0.717, 1.165) is 67.0 Å². The summed E-state index contributed by atoms with van der Waals surface area (Å²) in [6.07, 6.45) is 4.40. The molecule has 1 fully saturated rings. The quantitative estimate of drug-likeness (QED) is 0.519. The molecular formula is C24H31F3N8O2. The Hall–Kier alpha value is -3.77. The van der Waals surface area contributed by atoms with Crippen molar-refractivity contribution in [2.24, 2.45) is 0 Å². The Morgan fingerprint density at radius 2 is 1.81 bits per heavy atom. The van der Waals surface area contributed by atoms with E-state index >= 15 is 0 Å². The summed E-state index contributed by atoms with van der Waals surface area (Å²) in [5, 5.41) is 7.12. The van der Waals surface area contributed by atoms with Crippen molar-refractivity contribution in [3.63, 3.8) is 0 Å². The fourth-order valence-corrected chi connectivity index (χ4v) is 4.22. The lowest BCUT2D eigenvalue weighted by molar-refractivity contribution is -0.192. The molecule has 0 saturated carbocycles. The van der Waals surface area contributed by atoms with E-state index in [4.69, 9.17) is 9.90 Å². The van der Waals surface area contributed by atoms with Crippen LogP contribution in [-0.4, -0.2) is 66.9 Å². The number of aliphatic carboxylic acids is 1. The highest BCUT2D eigenvalue weighted by Gasteiger charge is 2.38. The number of aryl methyl sites for hydroxylation is 2. The molecule has 3 aromatic heterocycles. The van der Waals surface area contributed by atoms with Gasteiger partial charge in [-0.25, -0.2) is 29.7 Å². The highest BCUT2D eigenvalue weighted by molar-refractivity contribution is 5.73. The number of carboxylic acid groups (broad SMARTS) is 1. The first-order chi connectivity index (χ1) is 17.5. The molecule has 0 radical (unpaired) electrons. The molecule has 0 atom stereocenters. The first kappa shape index (κ1) is 27.8. The minimum atomic E-state index is -5.08. The first-order valence-corrected chi connectivity index (χ1v) is 11.9. The van der Waals surface area contributed by atoms with E-state index in [-0.39, 0.29) is 0 Å². The molecule has 0 bridgehead atoms. The van der Waals surface area contributed by atoms with Crippen molar-refractivity contribution in [1.29, 1.82) is 0 Å². The summed E-state index contributed by atoms with van der Waals surface area (Å²) in [6.45, 7) is 9.79. The summed E-state index contributed by atoms with van der Waals surface area (Å²) in [7, 11) is 2.06. The minimum absolute atomic E-state index is 0.415. The molecule has 4 rings (SSSR count). The van der Waals surface area contributed by atoms with Crippen molar-refractivity contribution >= 4 is 17.6 Å². The van der Waals surface area contributed by atoms with Crippen LogP contribution in [0.15, 0.2) is 31.0 Å². The molecule has 1 saturated heterocycles. The van der Waals surface area contributed by atoms with E-state index in [2.05, 4.69) is 60.2 Å². The molecule has 37 heavy (non-hydrogen) atoms. The van der Waals surface area contributed by atoms with Crippen LogP contribution >= 0.6 is 0 Å². The van der Waals surface area contributed by atoms with Crippen molar-refractivity contribution in [3.8, 4) is 0 Å². The average molecular weight is 521 g/mol. The van der Waals surface area contributed by atoms with Crippen LogP contribution in [0.2, 0.25) is 0 Å². The maximum Gasteiger partial charge on any atom is 0.490 e. The maximum atomic E-state index is 10.6. The molecule has 0 aromatic carbocycles. The highest BCUT2D eigenvalue weighted by atomic mass is 19.4. The third-order valence-electron chi connectivity index (χ3n) is 6.13. The SMILES string of the molecule is CCn1ccnc1CN(C)c1ncnc(N2CCC(c3nccc(C)n3)CC2)c1C.O=C(O)C(F)(F)F. The molecule has 4 heterocycles. The largest absolute Gasteiger partial charge is 0.490 e. The molecule has 200 valence electrons. The smallest absolute Gasteiger partial charge is 0.475 e. The van der Waals surface area contributed by atoms with Crippen LogP contribution in [0, 0.1) is 13.8 Å². The van der Waals surface area contributed by atoms with Crippen LogP contribution in [-0.2, 0) is 17.9 Å². The second-order valence-electron chi connectivity index (χ2n) is 8.75. The van der Waals surface area contributed by atoms with Crippen LogP contribution in [0.4, 0.5) is 24.8 Å². The average Bonchev–Trinajstić information content (AvgIpc) is 3.31. The van der Waals surface area contributed by atoms with E-state index in [1.54, 1.807) is 6.33 Å². The Morgan fingerprint density at radius 1 is 1.14 bits per heavy atom. The zero-order valence-electron chi connectivity index (χ0n) is 21.3. The van der Waals surface area contributed by atoms with Gasteiger partial charge in [-0.3, -0.25) is 0 Å². The minimum Gasteiger partial charge on any atom is -0.475 e. The van der Waals surface area contributed by atoms with Gasteiger partial charge in [0.1, 0.15) is 29.6 Å². The van der Waals surface area contributed by atoms with E-state index < -0.39 is 12.1 Å². The number of hydrogen-bond donors (Lipinski definition) is 1. The second kappa shape index (κ2) is 12.0. The predicted octanol–water partition coefficient (Wildman–Crippen LogP) is 3.75. The van der Waals surface area contributed by atoms with Crippen LogP contribution in [0.5, 0.6) is 0 Å². The summed E-state index contributed by atoms with van der Waals surface area (Å²) in [5.41, 5.74) is 2.14. The summed E-state index contributed by atoms with van der Waals surface area (Å²) < 4.78 is 33.9. The van der Waals surface area contributed by atoms with Crippen LogP contribution in [0.1, 0.15) is 48.6 Å². The van der Waals surface area contributed by atoms with Crippen molar-refractivity contribution in [2.45, 2.75) is 58.8 Å². The monoisotopic (exact) mass is 520 g/mol. The fourth-order valence-electron chi connectivity index (χ4n) is 4.22. The molecule has 1 aliphatic rings. The summed E-state index contributed by atoms with van der Waals surface area (Å²) >= 11 is 0. The molecule has 0 amide bonds. The van der Waals surface area contributed by atoms with Crippen molar-refractivity contribution in [3.05, 3.63) is 53.9 Å². The molecule has 0 unspecified atom stereocenters. The topological polar surface area (TPSA) is 113 Å². The zero-order chi connectivity index (χ0) is 27.2. The summed E-state index contributed by atoms with van der Waals surface area (Å²) in [5.74, 6) is 1.65. The number of carboxylic acids is 1. The molecular weight excluding hydrogens is 489 g/mol. The van der Waals surface area contributed by atoms with E-state index in [1.165, 1.54) is 0 Å². The molecule has 13 heteroatoms. The van der Waals surface area contributed by atoms with E-state index in [1.807, 2.05) is 31.6 Å².